The van der Waals surface area contributed by atoms with E-state index in [1.807, 2.05) is 41.3 Å². The van der Waals surface area contributed by atoms with Crippen LogP contribution in [0.2, 0.25) is 0 Å². The fraction of sp³-hybridized carbons (Fsp3) is 0.133. The predicted octanol–water partition coefficient (Wildman–Crippen LogP) is 2.86. The lowest BCUT2D eigenvalue weighted by Crippen LogP contribution is -1.95. The first-order valence-electron chi connectivity index (χ1n) is 6.63. The minimum Gasteiger partial charge on any atom is -0.344 e. The number of rotatable bonds is 2. The highest BCUT2D eigenvalue weighted by Crippen LogP contribution is 2.24. The van der Waals surface area contributed by atoms with E-state index in [1.54, 1.807) is 0 Å². The maximum atomic E-state index is 4.45. The molecular formula is C15H13N5. The third kappa shape index (κ3) is 1.53. The van der Waals surface area contributed by atoms with Crippen LogP contribution in [0, 0.1) is 0 Å². The van der Waals surface area contributed by atoms with Crippen LogP contribution in [-0.2, 0) is 6.42 Å². The van der Waals surface area contributed by atoms with Crippen LogP contribution in [-0.4, -0.2) is 25.0 Å². The first-order chi connectivity index (χ1) is 9.86. The third-order valence-corrected chi connectivity index (χ3v) is 3.55. The number of fused-ring (bicyclic) bond motifs is 2. The standard InChI is InChI=1S/C15H13N5/c1-2-10-7-11-14(9-17-15(11)16-8-10)20-13-6-4-3-5-12(13)18-19-20/h3-9H,2H2,1H3,(H,16,17). The molecular weight excluding hydrogens is 250 g/mol. The van der Waals surface area contributed by atoms with Crippen LogP contribution >= 0.6 is 0 Å². The molecule has 0 saturated carbocycles. The number of aromatic nitrogens is 5. The van der Waals surface area contributed by atoms with Crippen molar-refractivity contribution in [3.63, 3.8) is 0 Å². The minimum atomic E-state index is 0.872. The quantitative estimate of drug-likeness (QED) is 0.605. The zero-order valence-corrected chi connectivity index (χ0v) is 11.0. The number of nitrogens with zero attached hydrogens (tertiary/aromatic N) is 4. The molecule has 4 aromatic rings. The van der Waals surface area contributed by atoms with Crippen molar-refractivity contribution in [2.75, 3.05) is 0 Å². The summed E-state index contributed by atoms with van der Waals surface area (Å²) in [6.07, 6.45) is 4.80. The molecule has 0 amide bonds. The van der Waals surface area contributed by atoms with Gasteiger partial charge in [-0.2, -0.15) is 0 Å². The number of hydrogen-bond acceptors (Lipinski definition) is 3. The summed E-state index contributed by atoms with van der Waals surface area (Å²) in [5, 5.41) is 9.53. The Morgan fingerprint density at radius 1 is 1.25 bits per heavy atom. The van der Waals surface area contributed by atoms with Gasteiger partial charge in [-0.05, 0) is 30.2 Å². The van der Waals surface area contributed by atoms with Gasteiger partial charge in [0.05, 0.1) is 11.2 Å². The van der Waals surface area contributed by atoms with Crippen LogP contribution in [0.5, 0.6) is 0 Å². The third-order valence-electron chi connectivity index (χ3n) is 3.55. The summed E-state index contributed by atoms with van der Waals surface area (Å²) >= 11 is 0. The first kappa shape index (κ1) is 11.2. The van der Waals surface area contributed by atoms with Crippen molar-refractivity contribution >= 4 is 22.1 Å². The number of aryl methyl sites for hydroxylation is 1. The second kappa shape index (κ2) is 4.16. The van der Waals surface area contributed by atoms with E-state index in [9.17, 15) is 0 Å². The van der Waals surface area contributed by atoms with Crippen molar-refractivity contribution in [2.24, 2.45) is 0 Å². The molecule has 20 heavy (non-hydrogen) atoms. The lowest BCUT2D eigenvalue weighted by Gasteiger charge is -2.01. The molecule has 98 valence electrons. The number of para-hydroxylation sites is 1. The number of hydrogen-bond donors (Lipinski definition) is 1. The Hall–Kier alpha value is -2.69. The van der Waals surface area contributed by atoms with Gasteiger partial charge in [-0.3, -0.25) is 0 Å². The highest BCUT2D eigenvalue weighted by molar-refractivity contribution is 5.88. The minimum absolute atomic E-state index is 0.872. The molecule has 1 N–H and O–H groups in total. The molecule has 3 aromatic heterocycles. The van der Waals surface area contributed by atoms with E-state index in [-0.39, 0.29) is 0 Å². The largest absolute Gasteiger partial charge is 0.344 e. The number of pyridine rings is 1. The predicted molar refractivity (Wildman–Crippen MR) is 77.9 cm³/mol. The van der Waals surface area contributed by atoms with E-state index in [1.165, 1.54) is 5.56 Å². The Kier molecular flexibility index (Phi) is 2.32. The number of aromatic amines is 1. The fourth-order valence-corrected chi connectivity index (χ4v) is 2.45. The van der Waals surface area contributed by atoms with Gasteiger partial charge >= 0.3 is 0 Å². The van der Waals surface area contributed by atoms with Crippen molar-refractivity contribution in [1.29, 1.82) is 0 Å². The lowest BCUT2D eigenvalue weighted by molar-refractivity contribution is 0.828. The monoisotopic (exact) mass is 263 g/mol. The zero-order chi connectivity index (χ0) is 13.5. The summed E-state index contributed by atoms with van der Waals surface area (Å²) in [5.41, 5.74) is 4.95. The summed E-state index contributed by atoms with van der Waals surface area (Å²) < 4.78 is 1.86. The van der Waals surface area contributed by atoms with E-state index in [0.29, 0.717) is 0 Å². The van der Waals surface area contributed by atoms with Gasteiger partial charge in [0.2, 0.25) is 0 Å². The molecule has 0 aliphatic rings. The molecule has 3 heterocycles. The molecule has 1 aromatic carbocycles. The maximum absolute atomic E-state index is 4.45. The Labute approximate surface area is 115 Å². The molecule has 0 aliphatic carbocycles. The molecule has 0 aliphatic heterocycles. The van der Waals surface area contributed by atoms with Crippen molar-refractivity contribution < 1.29 is 0 Å². The molecule has 0 spiro atoms. The van der Waals surface area contributed by atoms with E-state index in [4.69, 9.17) is 0 Å². The summed E-state index contributed by atoms with van der Waals surface area (Å²) in [5.74, 6) is 0. The molecule has 0 atom stereocenters. The summed E-state index contributed by atoms with van der Waals surface area (Å²) in [6, 6.07) is 10.1. The van der Waals surface area contributed by atoms with E-state index in [2.05, 4.69) is 33.3 Å². The van der Waals surface area contributed by atoms with Crippen molar-refractivity contribution in [3.8, 4) is 5.69 Å². The SMILES string of the molecule is CCc1cnc2[nH]cc(-n3nnc4ccccc43)c2c1. The Bertz CT molecular complexity index is 903. The van der Waals surface area contributed by atoms with Gasteiger partial charge in [-0.15, -0.1) is 5.10 Å². The van der Waals surface area contributed by atoms with Crippen LogP contribution in [0.15, 0.2) is 42.7 Å². The van der Waals surface area contributed by atoms with Gasteiger partial charge in [0.25, 0.3) is 0 Å². The van der Waals surface area contributed by atoms with Gasteiger partial charge in [0, 0.05) is 17.8 Å². The van der Waals surface area contributed by atoms with Crippen LogP contribution < -0.4 is 0 Å². The van der Waals surface area contributed by atoms with Gasteiger partial charge in [0.1, 0.15) is 11.2 Å². The molecule has 0 saturated heterocycles. The molecule has 0 unspecified atom stereocenters. The molecule has 5 heteroatoms. The molecule has 5 nitrogen and oxygen atoms in total. The molecule has 0 fully saturated rings. The van der Waals surface area contributed by atoms with Crippen LogP contribution in [0.3, 0.4) is 0 Å². The summed E-state index contributed by atoms with van der Waals surface area (Å²) in [7, 11) is 0. The van der Waals surface area contributed by atoms with Crippen LogP contribution in [0.4, 0.5) is 0 Å². The van der Waals surface area contributed by atoms with Crippen molar-refractivity contribution in [2.45, 2.75) is 13.3 Å². The van der Waals surface area contributed by atoms with Gasteiger partial charge in [-0.25, -0.2) is 9.67 Å². The summed E-state index contributed by atoms with van der Waals surface area (Å²) in [4.78, 5) is 7.64. The van der Waals surface area contributed by atoms with Gasteiger partial charge in [0.15, 0.2) is 0 Å². The normalized spacial score (nSPS) is 11.4. The smallest absolute Gasteiger partial charge is 0.139 e. The highest BCUT2D eigenvalue weighted by atomic mass is 15.4. The van der Waals surface area contributed by atoms with Crippen molar-refractivity contribution in [3.05, 3.63) is 48.3 Å². The van der Waals surface area contributed by atoms with Crippen molar-refractivity contribution in [1.82, 2.24) is 25.0 Å². The Morgan fingerprint density at radius 3 is 3.05 bits per heavy atom. The highest BCUT2D eigenvalue weighted by Gasteiger charge is 2.11. The lowest BCUT2D eigenvalue weighted by atomic mass is 10.2. The Morgan fingerprint density at radius 2 is 2.15 bits per heavy atom. The Balaban J connectivity index is 2.02. The molecule has 4 rings (SSSR count). The van der Waals surface area contributed by atoms with E-state index >= 15 is 0 Å². The van der Waals surface area contributed by atoms with Crippen LogP contribution in [0.25, 0.3) is 27.8 Å². The molecule has 0 bridgehead atoms. The molecule has 0 radical (unpaired) electrons. The topological polar surface area (TPSA) is 59.4 Å². The second-order valence-electron chi connectivity index (χ2n) is 4.76. The fourth-order valence-electron chi connectivity index (χ4n) is 2.45. The average molecular weight is 263 g/mol. The number of H-pyrrole nitrogens is 1. The van der Waals surface area contributed by atoms with Crippen LogP contribution in [0.1, 0.15) is 12.5 Å². The second-order valence-corrected chi connectivity index (χ2v) is 4.76. The van der Waals surface area contributed by atoms with Gasteiger partial charge < -0.3 is 4.98 Å². The van der Waals surface area contributed by atoms with Gasteiger partial charge in [-0.1, -0.05) is 24.3 Å². The first-order valence-corrected chi connectivity index (χ1v) is 6.63. The zero-order valence-electron chi connectivity index (χ0n) is 11.0. The van der Waals surface area contributed by atoms with E-state index < -0.39 is 0 Å². The summed E-state index contributed by atoms with van der Waals surface area (Å²) in [6.45, 7) is 2.13. The average Bonchev–Trinajstić information content (AvgIpc) is 3.09. The number of benzene rings is 1. The van der Waals surface area contributed by atoms with E-state index in [0.717, 1.165) is 34.2 Å². The number of nitrogens with one attached hydrogen (secondary N) is 1. The maximum Gasteiger partial charge on any atom is 0.139 e.